The number of rotatable bonds is 11. The van der Waals surface area contributed by atoms with Gasteiger partial charge in [-0.2, -0.15) is 0 Å². The molecule has 0 spiro atoms. The van der Waals surface area contributed by atoms with E-state index in [0.717, 1.165) is 54.1 Å². The SMILES string of the molecule is CCCN(C)C(=O)c1ccc(NC(c2cc(-c3ccc(OC)nc3)oc2COC)C2CCCCC2)cc1. The Balaban J connectivity index is 1.64. The van der Waals surface area contributed by atoms with Gasteiger partial charge in [-0.25, -0.2) is 4.98 Å². The molecule has 37 heavy (non-hydrogen) atoms. The maximum atomic E-state index is 12.7. The highest BCUT2D eigenvalue weighted by Crippen LogP contribution is 2.41. The van der Waals surface area contributed by atoms with E-state index in [9.17, 15) is 4.79 Å². The van der Waals surface area contributed by atoms with Crippen molar-refractivity contribution < 1.29 is 18.7 Å². The Labute approximate surface area is 220 Å². The van der Waals surface area contributed by atoms with Gasteiger partial charge in [-0.3, -0.25) is 4.79 Å². The summed E-state index contributed by atoms with van der Waals surface area (Å²) < 4.78 is 17.1. The fraction of sp³-hybridized carbons (Fsp3) is 0.467. The van der Waals surface area contributed by atoms with Gasteiger partial charge in [0, 0.05) is 55.3 Å². The monoisotopic (exact) mass is 505 g/mol. The first-order chi connectivity index (χ1) is 18.0. The Morgan fingerprint density at radius 3 is 2.51 bits per heavy atom. The zero-order valence-corrected chi connectivity index (χ0v) is 22.5. The predicted molar refractivity (Wildman–Crippen MR) is 146 cm³/mol. The molecule has 1 saturated carbocycles. The van der Waals surface area contributed by atoms with E-state index in [2.05, 4.69) is 23.3 Å². The highest BCUT2D eigenvalue weighted by atomic mass is 16.5. The summed E-state index contributed by atoms with van der Waals surface area (Å²) in [7, 11) is 5.15. The van der Waals surface area contributed by atoms with Crippen LogP contribution in [-0.4, -0.2) is 43.6 Å². The van der Waals surface area contributed by atoms with Crippen LogP contribution in [0, 0.1) is 5.92 Å². The van der Waals surface area contributed by atoms with Crippen molar-refractivity contribution in [2.45, 2.75) is 58.1 Å². The molecule has 1 aromatic carbocycles. The average Bonchev–Trinajstić information content (AvgIpc) is 3.36. The standard InChI is InChI=1S/C30H39N3O4/c1-5-17-33(2)30(34)22-11-14-24(15-12-22)32-29(21-9-7-6-8-10-21)25-18-26(37-27(25)20-35-3)23-13-16-28(36-4)31-19-23/h11-16,18-19,21,29,32H,5-10,17,20H2,1-4H3. The third kappa shape index (κ3) is 6.52. The van der Waals surface area contributed by atoms with Crippen molar-refractivity contribution in [1.29, 1.82) is 0 Å². The van der Waals surface area contributed by atoms with E-state index in [1.807, 2.05) is 43.4 Å². The number of ether oxygens (including phenoxy) is 2. The second-order valence-corrected chi connectivity index (χ2v) is 9.84. The van der Waals surface area contributed by atoms with Gasteiger partial charge in [0.25, 0.3) is 5.91 Å². The molecule has 0 radical (unpaired) electrons. The van der Waals surface area contributed by atoms with E-state index in [1.165, 1.54) is 19.3 Å². The van der Waals surface area contributed by atoms with E-state index in [4.69, 9.17) is 13.9 Å². The number of hydrogen-bond acceptors (Lipinski definition) is 6. The van der Waals surface area contributed by atoms with Crippen LogP contribution < -0.4 is 10.1 Å². The second-order valence-electron chi connectivity index (χ2n) is 9.84. The summed E-state index contributed by atoms with van der Waals surface area (Å²) in [5, 5.41) is 3.79. The molecule has 2 aromatic heterocycles. The van der Waals surface area contributed by atoms with E-state index < -0.39 is 0 Å². The lowest BCUT2D eigenvalue weighted by Gasteiger charge is -2.32. The fourth-order valence-corrected chi connectivity index (χ4v) is 5.20. The summed E-state index contributed by atoms with van der Waals surface area (Å²) in [6.07, 6.45) is 8.77. The number of methoxy groups -OCH3 is 2. The van der Waals surface area contributed by atoms with Gasteiger partial charge in [-0.15, -0.1) is 0 Å². The zero-order chi connectivity index (χ0) is 26.2. The van der Waals surface area contributed by atoms with Crippen LogP contribution >= 0.6 is 0 Å². The highest BCUT2D eigenvalue weighted by molar-refractivity contribution is 5.94. The molecule has 198 valence electrons. The fourth-order valence-electron chi connectivity index (χ4n) is 5.20. The molecule has 1 unspecified atom stereocenters. The molecular formula is C30H39N3O4. The lowest BCUT2D eigenvalue weighted by Crippen LogP contribution is -2.27. The minimum absolute atomic E-state index is 0.0483. The first-order valence-electron chi connectivity index (χ1n) is 13.3. The number of furan rings is 1. The smallest absolute Gasteiger partial charge is 0.253 e. The van der Waals surface area contributed by atoms with Crippen molar-refractivity contribution in [2.75, 3.05) is 33.1 Å². The van der Waals surface area contributed by atoms with Crippen molar-refractivity contribution in [1.82, 2.24) is 9.88 Å². The Hall–Kier alpha value is -3.32. The molecule has 1 aliphatic rings. The van der Waals surface area contributed by atoms with Gasteiger partial charge in [0.05, 0.1) is 13.2 Å². The van der Waals surface area contributed by atoms with Crippen LogP contribution in [0.1, 0.15) is 73.2 Å². The molecule has 4 rings (SSSR count). The summed E-state index contributed by atoms with van der Waals surface area (Å²) in [6.45, 7) is 3.21. The maximum Gasteiger partial charge on any atom is 0.253 e. The normalized spacial score (nSPS) is 14.8. The predicted octanol–water partition coefficient (Wildman–Crippen LogP) is 6.71. The minimum Gasteiger partial charge on any atom is -0.481 e. The van der Waals surface area contributed by atoms with Crippen molar-refractivity contribution in [3.8, 4) is 17.2 Å². The van der Waals surface area contributed by atoms with Crippen molar-refractivity contribution in [3.05, 3.63) is 65.5 Å². The molecule has 0 aliphatic heterocycles. The first kappa shape index (κ1) is 26.7. The van der Waals surface area contributed by atoms with Crippen LogP contribution in [0.2, 0.25) is 0 Å². The molecule has 1 atom stereocenters. The molecule has 1 aliphatic carbocycles. The van der Waals surface area contributed by atoms with Crippen molar-refractivity contribution in [2.24, 2.45) is 5.92 Å². The molecule has 1 amide bonds. The number of benzene rings is 1. The van der Waals surface area contributed by atoms with E-state index in [1.54, 1.807) is 25.3 Å². The van der Waals surface area contributed by atoms with Crippen LogP contribution in [-0.2, 0) is 11.3 Å². The molecule has 2 heterocycles. The summed E-state index contributed by atoms with van der Waals surface area (Å²) in [6, 6.07) is 13.8. The number of carbonyl (C=O) groups excluding carboxylic acids is 1. The quantitative estimate of drug-likeness (QED) is 0.312. The number of amides is 1. The first-order valence-corrected chi connectivity index (χ1v) is 13.3. The molecule has 1 fully saturated rings. The molecule has 0 saturated heterocycles. The van der Waals surface area contributed by atoms with Crippen LogP contribution in [0.25, 0.3) is 11.3 Å². The Kier molecular flexibility index (Phi) is 9.23. The largest absolute Gasteiger partial charge is 0.481 e. The third-order valence-electron chi connectivity index (χ3n) is 7.16. The Bertz CT molecular complexity index is 1130. The summed E-state index contributed by atoms with van der Waals surface area (Å²) in [5.74, 6) is 2.68. The van der Waals surface area contributed by atoms with Crippen LogP contribution in [0.5, 0.6) is 5.88 Å². The molecule has 7 heteroatoms. The van der Waals surface area contributed by atoms with Gasteiger partial charge in [-0.05, 0) is 61.6 Å². The lowest BCUT2D eigenvalue weighted by atomic mass is 9.81. The van der Waals surface area contributed by atoms with Crippen molar-refractivity contribution in [3.63, 3.8) is 0 Å². The topological polar surface area (TPSA) is 76.8 Å². The molecular weight excluding hydrogens is 466 g/mol. The number of anilines is 1. The Morgan fingerprint density at radius 1 is 1.14 bits per heavy atom. The third-order valence-corrected chi connectivity index (χ3v) is 7.16. The number of carbonyl (C=O) groups is 1. The second kappa shape index (κ2) is 12.8. The lowest BCUT2D eigenvalue weighted by molar-refractivity contribution is 0.0795. The molecule has 1 N–H and O–H groups in total. The number of aromatic nitrogens is 1. The number of nitrogens with one attached hydrogen (secondary N) is 1. The molecule has 0 bridgehead atoms. The summed E-state index contributed by atoms with van der Waals surface area (Å²) in [4.78, 5) is 18.8. The Morgan fingerprint density at radius 2 is 1.89 bits per heavy atom. The maximum absolute atomic E-state index is 12.7. The van der Waals surface area contributed by atoms with Gasteiger partial charge < -0.3 is 24.1 Å². The van der Waals surface area contributed by atoms with Crippen LogP contribution in [0.4, 0.5) is 5.69 Å². The summed E-state index contributed by atoms with van der Waals surface area (Å²) >= 11 is 0. The average molecular weight is 506 g/mol. The number of pyridine rings is 1. The highest BCUT2D eigenvalue weighted by Gasteiger charge is 2.30. The van der Waals surface area contributed by atoms with Gasteiger partial charge in [0.15, 0.2) is 0 Å². The number of hydrogen-bond donors (Lipinski definition) is 1. The van der Waals surface area contributed by atoms with E-state index in [-0.39, 0.29) is 11.9 Å². The van der Waals surface area contributed by atoms with Gasteiger partial charge >= 0.3 is 0 Å². The van der Waals surface area contributed by atoms with Gasteiger partial charge in [0.2, 0.25) is 5.88 Å². The van der Waals surface area contributed by atoms with Crippen molar-refractivity contribution >= 4 is 11.6 Å². The summed E-state index contributed by atoms with van der Waals surface area (Å²) in [5.41, 5.74) is 3.70. The molecule has 7 nitrogen and oxygen atoms in total. The minimum atomic E-state index is 0.0483. The van der Waals surface area contributed by atoms with E-state index >= 15 is 0 Å². The van der Waals surface area contributed by atoms with Crippen LogP contribution in [0.15, 0.2) is 53.1 Å². The zero-order valence-electron chi connectivity index (χ0n) is 22.5. The van der Waals surface area contributed by atoms with Crippen LogP contribution in [0.3, 0.4) is 0 Å². The molecule has 3 aromatic rings. The van der Waals surface area contributed by atoms with E-state index in [0.29, 0.717) is 24.0 Å². The van der Waals surface area contributed by atoms with Gasteiger partial charge in [0.1, 0.15) is 18.1 Å². The van der Waals surface area contributed by atoms with Gasteiger partial charge in [-0.1, -0.05) is 26.2 Å². The number of nitrogens with zero attached hydrogens (tertiary/aromatic N) is 2.